The molecule has 0 amide bonds. The van der Waals surface area contributed by atoms with Crippen LogP contribution in [0, 0.1) is 11.8 Å². The summed E-state index contributed by atoms with van der Waals surface area (Å²) in [6.45, 7) is 7.62. The van der Waals surface area contributed by atoms with Gasteiger partial charge in [0, 0.05) is 18.6 Å². The molecule has 2 radical (unpaired) electrons. The van der Waals surface area contributed by atoms with Crippen LogP contribution >= 0.6 is 0 Å². The number of nitrogens with one attached hydrogen (secondary N) is 3. The topological polar surface area (TPSA) is 78.0 Å². The van der Waals surface area contributed by atoms with Gasteiger partial charge in [-0.05, 0) is 69.0 Å². The summed E-state index contributed by atoms with van der Waals surface area (Å²) in [5.41, 5.74) is 1.41. The van der Waals surface area contributed by atoms with Crippen molar-refractivity contribution in [3.63, 3.8) is 0 Å². The molecule has 35 heavy (non-hydrogen) atoms. The van der Waals surface area contributed by atoms with E-state index in [9.17, 15) is 0 Å². The van der Waals surface area contributed by atoms with E-state index in [-0.39, 0.29) is 5.54 Å². The molecule has 3 N–H and O–H groups in total. The Bertz CT molecular complexity index is 912. The monoisotopic (exact) mass is 475 g/mol. The van der Waals surface area contributed by atoms with E-state index in [1.807, 2.05) is 10.9 Å². The zero-order valence-electron chi connectivity index (χ0n) is 21.6. The zero-order chi connectivity index (χ0) is 24.5. The molecular formula is C27H42BN7. The lowest BCUT2D eigenvalue weighted by Crippen LogP contribution is -2.48. The maximum absolute atomic E-state index is 5.92. The fraction of sp³-hybridized carbons (Fsp3) is 0.667. The van der Waals surface area contributed by atoms with Gasteiger partial charge in [-0.15, -0.1) is 0 Å². The normalized spacial score (nSPS) is 23.7. The average molecular weight is 475 g/mol. The highest BCUT2D eigenvalue weighted by atomic mass is 15.3. The Morgan fingerprint density at radius 1 is 1.00 bits per heavy atom. The van der Waals surface area contributed by atoms with Gasteiger partial charge in [0.1, 0.15) is 0 Å². The molecule has 2 fully saturated rings. The SMILES string of the molecule is [B]N(CC)CCCNc1nc(NCCc2ccccc2)nc(NC23CCCC(CC(CC)C2)C3)n1. The molecule has 2 aliphatic carbocycles. The smallest absolute Gasteiger partial charge is 0.229 e. The van der Waals surface area contributed by atoms with E-state index in [1.165, 1.54) is 50.5 Å². The van der Waals surface area contributed by atoms with Crippen molar-refractivity contribution in [1.29, 1.82) is 0 Å². The molecular weight excluding hydrogens is 433 g/mol. The summed E-state index contributed by atoms with van der Waals surface area (Å²) in [5.74, 6) is 3.56. The second kappa shape index (κ2) is 12.6. The Balaban J connectivity index is 1.45. The van der Waals surface area contributed by atoms with Crippen molar-refractivity contribution in [3.8, 4) is 0 Å². The zero-order valence-corrected chi connectivity index (χ0v) is 21.6. The summed E-state index contributed by atoms with van der Waals surface area (Å²) < 4.78 is 0. The molecule has 7 nitrogen and oxygen atoms in total. The van der Waals surface area contributed by atoms with Crippen LogP contribution in [0.3, 0.4) is 0 Å². The van der Waals surface area contributed by atoms with Crippen LogP contribution in [0.25, 0.3) is 0 Å². The first-order valence-electron chi connectivity index (χ1n) is 13.6. The number of hydrogen-bond donors (Lipinski definition) is 3. The highest BCUT2D eigenvalue weighted by Crippen LogP contribution is 2.47. The van der Waals surface area contributed by atoms with Crippen LogP contribution in [-0.4, -0.2) is 59.5 Å². The van der Waals surface area contributed by atoms with E-state index in [4.69, 9.17) is 17.9 Å². The molecule has 2 bridgehead atoms. The van der Waals surface area contributed by atoms with Gasteiger partial charge in [0.15, 0.2) is 7.98 Å². The van der Waals surface area contributed by atoms with Crippen LogP contribution in [0.5, 0.6) is 0 Å². The molecule has 8 heteroatoms. The molecule has 188 valence electrons. The van der Waals surface area contributed by atoms with Gasteiger partial charge in [-0.25, -0.2) is 0 Å². The molecule has 2 saturated carbocycles. The van der Waals surface area contributed by atoms with E-state index in [2.05, 4.69) is 59.0 Å². The van der Waals surface area contributed by atoms with E-state index >= 15 is 0 Å². The Morgan fingerprint density at radius 3 is 2.49 bits per heavy atom. The van der Waals surface area contributed by atoms with Crippen molar-refractivity contribution in [2.24, 2.45) is 11.8 Å². The quantitative estimate of drug-likeness (QED) is 0.281. The van der Waals surface area contributed by atoms with Gasteiger partial charge in [0.2, 0.25) is 17.8 Å². The van der Waals surface area contributed by atoms with E-state index in [0.29, 0.717) is 17.8 Å². The number of aromatic nitrogens is 3. The second-order valence-corrected chi connectivity index (χ2v) is 10.5. The minimum atomic E-state index is 0.114. The van der Waals surface area contributed by atoms with Crippen LogP contribution in [0.15, 0.2) is 30.3 Å². The van der Waals surface area contributed by atoms with Gasteiger partial charge in [-0.1, -0.05) is 63.4 Å². The lowest BCUT2D eigenvalue weighted by molar-refractivity contribution is 0.120. The third-order valence-electron chi connectivity index (χ3n) is 7.73. The van der Waals surface area contributed by atoms with Crippen molar-refractivity contribution in [2.75, 3.05) is 42.1 Å². The van der Waals surface area contributed by atoms with Crippen LogP contribution < -0.4 is 16.0 Å². The van der Waals surface area contributed by atoms with Gasteiger partial charge >= 0.3 is 0 Å². The lowest BCUT2D eigenvalue weighted by Gasteiger charge is -2.48. The van der Waals surface area contributed by atoms with Crippen LogP contribution in [0.2, 0.25) is 0 Å². The van der Waals surface area contributed by atoms with Crippen molar-refractivity contribution in [3.05, 3.63) is 35.9 Å². The second-order valence-electron chi connectivity index (χ2n) is 10.5. The predicted octanol–water partition coefficient (Wildman–Crippen LogP) is 4.89. The van der Waals surface area contributed by atoms with E-state index in [0.717, 1.165) is 50.9 Å². The minimum absolute atomic E-state index is 0.114. The summed E-state index contributed by atoms with van der Waals surface area (Å²) in [4.78, 5) is 16.1. The number of fused-ring (bicyclic) bond motifs is 2. The first-order valence-corrected chi connectivity index (χ1v) is 13.6. The lowest BCUT2D eigenvalue weighted by atomic mass is 9.63. The molecule has 0 spiro atoms. The fourth-order valence-electron chi connectivity index (χ4n) is 5.89. The molecule has 1 heterocycles. The molecule has 3 unspecified atom stereocenters. The number of nitrogens with zero attached hydrogens (tertiary/aromatic N) is 4. The molecule has 3 atom stereocenters. The highest BCUT2D eigenvalue weighted by molar-refractivity contribution is 6.04. The largest absolute Gasteiger partial charge is 0.354 e. The standard InChI is InChI=1S/C27H42BN7/c1-3-21-18-23-12-8-14-27(19-21,20-23)34-26-32-24(29-15-9-17-35(28)4-2)31-25(33-26)30-16-13-22-10-6-5-7-11-22/h5-7,10-11,21,23H,3-4,8-9,12-20H2,1-2H3,(H3,29,30,31,32,33,34). The van der Waals surface area contributed by atoms with Gasteiger partial charge in [0.05, 0.1) is 0 Å². The van der Waals surface area contributed by atoms with Gasteiger partial charge in [0.25, 0.3) is 0 Å². The Labute approximate surface area is 212 Å². The maximum atomic E-state index is 5.92. The van der Waals surface area contributed by atoms with Crippen molar-refractivity contribution in [1.82, 2.24) is 19.8 Å². The van der Waals surface area contributed by atoms with Gasteiger partial charge < -0.3 is 20.8 Å². The highest BCUT2D eigenvalue weighted by Gasteiger charge is 2.43. The molecule has 0 saturated heterocycles. The van der Waals surface area contributed by atoms with Crippen molar-refractivity contribution in [2.45, 2.75) is 77.2 Å². The van der Waals surface area contributed by atoms with Crippen LogP contribution in [0.1, 0.15) is 70.8 Å². The summed E-state index contributed by atoms with van der Waals surface area (Å²) in [6, 6.07) is 10.5. The Hall–Kier alpha value is -2.35. The molecule has 1 aromatic carbocycles. The Morgan fingerprint density at radius 2 is 1.74 bits per heavy atom. The van der Waals surface area contributed by atoms with Crippen molar-refractivity contribution >= 4 is 25.8 Å². The van der Waals surface area contributed by atoms with E-state index in [1.54, 1.807) is 0 Å². The maximum Gasteiger partial charge on any atom is 0.229 e. The third kappa shape index (κ3) is 7.57. The van der Waals surface area contributed by atoms with Gasteiger partial charge in [-0.3, -0.25) is 0 Å². The van der Waals surface area contributed by atoms with Crippen LogP contribution in [0.4, 0.5) is 17.8 Å². The Kier molecular flexibility index (Phi) is 9.24. The first kappa shape index (κ1) is 25.7. The molecule has 1 aromatic heterocycles. The third-order valence-corrected chi connectivity index (χ3v) is 7.73. The van der Waals surface area contributed by atoms with Crippen molar-refractivity contribution < 1.29 is 0 Å². The predicted molar refractivity (Wildman–Crippen MR) is 146 cm³/mol. The average Bonchev–Trinajstić information content (AvgIpc) is 2.86. The summed E-state index contributed by atoms with van der Waals surface area (Å²) in [7, 11) is 5.92. The van der Waals surface area contributed by atoms with Gasteiger partial charge in [-0.2, -0.15) is 15.0 Å². The minimum Gasteiger partial charge on any atom is -0.354 e. The van der Waals surface area contributed by atoms with E-state index < -0.39 is 0 Å². The number of rotatable bonds is 13. The molecule has 2 aromatic rings. The number of anilines is 3. The van der Waals surface area contributed by atoms with Crippen LogP contribution in [-0.2, 0) is 6.42 Å². The molecule has 0 aliphatic heterocycles. The summed E-state index contributed by atoms with van der Waals surface area (Å²) >= 11 is 0. The first-order chi connectivity index (χ1) is 17.1. The fourth-order valence-corrected chi connectivity index (χ4v) is 5.89. The summed E-state index contributed by atoms with van der Waals surface area (Å²) in [5, 5.41) is 10.7. The number of hydrogen-bond acceptors (Lipinski definition) is 7. The molecule has 2 aliphatic rings. The number of benzene rings is 1. The summed E-state index contributed by atoms with van der Waals surface area (Å²) in [6.07, 6.45) is 10.8. The molecule has 4 rings (SSSR count).